The van der Waals surface area contributed by atoms with Crippen LogP contribution in [0, 0.1) is 0 Å². The zero-order valence-corrected chi connectivity index (χ0v) is 13.4. The third-order valence-electron chi connectivity index (χ3n) is 2.18. The van der Waals surface area contributed by atoms with Crippen molar-refractivity contribution in [3.05, 3.63) is 12.7 Å². The molecule has 6 heteroatoms. The number of hydrogen-bond donors (Lipinski definition) is 0. The molecule has 19 heavy (non-hydrogen) atoms. The van der Waals surface area contributed by atoms with Gasteiger partial charge in [0.05, 0.1) is 6.61 Å². The molecule has 0 saturated heterocycles. The monoisotopic (exact) mass is 290 g/mol. The van der Waals surface area contributed by atoms with Gasteiger partial charge in [-0.25, -0.2) is 4.79 Å². The molecule has 0 aliphatic heterocycles. The van der Waals surface area contributed by atoms with Crippen molar-refractivity contribution in [2.75, 3.05) is 19.8 Å². The van der Waals surface area contributed by atoms with Gasteiger partial charge in [-0.05, 0) is 34.1 Å². The molecular weight excluding hydrogens is 264 g/mol. The van der Waals surface area contributed by atoms with Crippen LogP contribution >= 0.6 is 0 Å². The number of esters is 1. The minimum Gasteiger partial charge on any atom is -0.463 e. The van der Waals surface area contributed by atoms with Crippen LogP contribution in [0.3, 0.4) is 0 Å². The zero-order valence-electron chi connectivity index (χ0n) is 12.4. The topological polar surface area (TPSA) is 54.0 Å². The molecule has 112 valence electrons. The molecule has 0 spiro atoms. The van der Waals surface area contributed by atoms with E-state index in [9.17, 15) is 4.79 Å². The molecule has 0 N–H and O–H groups in total. The molecule has 0 aliphatic carbocycles. The van der Waals surface area contributed by atoms with E-state index >= 15 is 0 Å². The van der Waals surface area contributed by atoms with Crippen LogP contribution in [0.25, 0.3) is 0 Å². The minimum atomic E-state index is -2.66. The summed E-state index contributed by atoms with van der Waals surface area (Å²) in [6, 6.07) is 0.636. The molecule has 0 aliphatic rings. The molecule has 0 aromatic heterocycles. The summed E-state index contributed by atoms with van der Waals surface area (Å²) in [7, 11) is -2.66. The molecule has 0 heterocycles. The Kier molecular flexibility index (Phi) is 9.77. The van der Waals surface area contributed by atoms with Crippen LogP contribution in [0.15, 0.2) is 12.7 Å². The van der Waals surface area contributed by atoms with E-state index in [4.69, 9.17) is 18.0 Å². The van der Waals surface area contributed by atoms with Gasteiger partial charge in [0, 0.05) is 31.4 Å². The summed E-state index contributed by atoms with van der Waals surface area (Å²) in [5.74, 6) is -0.412. The van der Waals surface area contributed by atoms with Crippen molar-refractivity contribution in [1.82, 2.24) is 0 Å². The van der Waals surface area contributed by atoms with Gasteiger partial charge in [0.2, 0.25) is 0 Å². The third kappa shape index (κ3) is 8.15. The number of ether oxygens (including phenoxy) is 1. The highest BCUT2D eigenvalue weighted by molar-refractivity contribution is 6.60. The lowest BCUT2D eigenvalue weighted by atomic mass is 10.5. The lowest BCUT2D eigenvalue weighted by Gasteiger charge is -2.30. The predicted octanol–water partition coefficient (Wildman–Crippen LogP) is 2.54. The average Bonchev–Trinajstić information content (AvgIpc) is 2.34. The van der Waals surface area contributed by atoms with E-state index in [1.54, 1.807) is 0 Å². The highest BCUT2D eigenvalue weighted by atomic mass is 28.4. The SMILES string of the molecule is C=CC(=O)OCCC[Si](OCC)(OCC)OC(C)C. The fourth-order valence-electron chi connectivity index (χ4n) is 1.63. The molecule has 0 atom stereocenters. The van der Waals surface area contributed by atoms with Crippen molar-refractivity contribution in [2.24, 2.45) is 0 Å². The Morgan fingerprint density at radius 2 is 1.84 bits per heavy atom. The average molecular weight is 290 g/mol. The van der Waals surface area contributed by atoms with E-state index in [1.165, 1.54) is 0 Å². The molecule has 0 saturated carbocycles. The van der Waals surface area contributed by atoms with Gasteiger partial charge in [0.1, 0.15) is 0 Å². The molecule has 0 rings (SSSR count). The summed E-state index contributed by atoms with van der Waals surface area (Å²) in [6.45, 7) is 12.5. The molecule has 0 fully saturated rings. The van der Waals surface area contributed by atoms with Crippen molar-refractivity contribution in [1.29, 1.82) is 0 Å². The van der Waals surface area contributed by atoms with Crippen molar-refractivity contribution in [3.8, 4) is 0 Å². The number of rotatable bonds is 11. The van der Waals surface area contributed by atoms with E-state index in [-0.39, 0.29) is 6.10 Å². The molecule has 0 radical (unpaired) electrons. The highest BCUT2D eigenvalue weighted by Crippen LogP contribution is 2.20. The van der Waals surface area contributed by atoms with Crippen molar-refractivity contribution < 1.29 is 22.8 Å². The van der Waals surface area contributed by atoms with E-state index in [2.05, 4.69) is 6.58 Å². The second kappa shape index (κ2) is 10.1. The number of carbonyl (C=O) groups excluding carboxylic acids is 1. The van der Waals surface area contributed by atoms with Crippen molar-refractivity contribution >= 4 is 14.8 Å². The van der Waals surface area contributed by atoms with Crippen LogP contribution < -0.4 is 0 Å². The Balaban J connectivity index is 4.37. The lowest BCUT2D eigenvalue weighted by molar-refractivity contribution is -0.137. The van der Waals surface area contributed by atoms with Gasteiger partial charge >= 0.3 is 14.8 Å². The van der Waals surface area contributed by atoms with E-state index in [0.717, 1.165) is 6.08 Å². The second-order valence-corrected chi connectivity index (χ2v) is 6.87. The number of carbonyl (C=O) groups is 1. The van der Waals surface area contributed by atoms with E-state index in [1.807, 2.05) is 27.7 Å². The largest absolute Gasteiger partial charge is 0.501 e. The molecule has 0 unspecified atom stereocenters. The highest BCUT2D eigenvalue weighted by Gasteiger charge is 2.41. The molecule has 0 bridgehead atoms. The van der Waals surface area contributed by atoms with E-state index < -0.39 is 14.8 Å². The van der Waals surface area contributed by atoms with Crippen molar-refractivity contribution in [2.45, 2.75) is 46.3 Å². The van der Waals surface area contributed by atoms with Gasteiger partial charge in [0.15, 0.2) is 0 Å². The van der Waals surface area contributed by atoms with Gasteiger partial charge < -0.3 is 18.0 Å². The second-order valence-electron chi connectivity index (χ2n) is 4.19. The zero-order chi connectivity index (χ0) is 14.7. The van der Waals surface area contributed by atoms with Gasteiger partial charge in [-0.15, -0.1) is 0 Å². The molecular formula is C13H26O5Si. The normalized spacial score (nSPS) is 11.6. The van der Waals surface area contributed by atoms with Crippen LogP contribution in [-0.4, -0.2) is 40.7 Å². The van der Waals surface area contributed by atoms with Crippen LogP contribution in [0.1, 0.15) is 34.1 Å². The first-order valence-electron chi connectivity index (χ1n) is 6.74. The van der Waals surface area contributed by atoms with Crippen molar-refractivity contribution in [3.63, 3.8) is 0 Å². The van der Waals surface area contributed by atoms with E-state index in [0.29, 0.717) is 32.3 Å². The maximum absolute atomic E-state index is 10.9. The molecule has 0 amide bonds. The Morgan fingerprint density at radius 3 is 2.26 bits per heavy atom. The quantitative estimate of drug-likeness (QED) is 0.253. The van der Waals surface area contributed by atoms with Gasteiger partial charge in [-0.1, -0.05) is 6.58 Å². The Hall–Kier alpha value is -0.693. The Labute approximate surface area is 117 Å². The van der Waals surface area contributed by atoms with Crippen LogP contribution in [0.2, 0.25) is 6.04 Å². The van der Waals surface area contributed by atoms with Gasteiger partial charge in [-0.3, -0.25) is 0 Å². The standard InChI is InChI=1S/C13H26O5Si/c1-6-13(14)15-10-9-11-19(16-7-2,17-8-3)18-12(4)5/h6,12H,1,7-11H2,2-5H3. The summed E-state index contributed by atoms with van der Waals surface area (Å²) in [4.78, 5) is 10.9. The summed E-state index contributed by atoms with van der Waals surface area (Å²) < 4.78 is 22.3. The van der Waals surface area contributed by atoms with Crippen LogP contribution in [0.4, 0.5) is 0 Å². The molecule has 5 nitrogen and oxygen atoms in total. The summed E-state index contributed by atoms with van der Waals surface area (Å²) >= 11 is 0. The molecule has 0 aromatic carbocycles. The van der Waals surface area contributed by atoms with Gasteiger partial charge in [0.25, 0.3) is 0 Å². The lowest BCUT2D eigenvalue weighted by Crippen LogP contribution is -2.47. The Bertz CT molecular complexity index is 262. The third-order valence-corrected chi connectivity index (χ3v) is 5.44. The smallest absolute Gasteiger partial charge is 0.463 e. The Morgan fingerprint density at radius 1 is 1.26 bits per heavy atom. The van der Waals surface area contributed by atoms with Crippen LogP contribution in [0.5, 0.6) is 0 Å². The first-order chi connectivity index (χ1) is 8.99. The van der Waals surface area contributed by atoms with Crippen LogP contribution in [-0.2, 0) is 22.8 Å². The van der Waals surface area contributed by atoms with Gasteiger partial charge in [-0.2, -0.15) is 0 Å². The minimum absolute atomic E-state index is 0.0421. The summed E-state index contributed by atoms with van der Waals surface area (Å²) in [6.07, 6.45) is 1.85. The fraction of sp³-hybridized carbons (Fsp3) is 0.769. The summed E-state index contributed by atoms with van der Waals surface area (Å²) in [5.41, 5.74) is 0. The maximum Gasteiger partial charge on any atom is 0.501 e. The fourth-order valence-corrected chi connectivity index (χ4v) is 4.43. The molecule has 0 aromatic rings. The predicted molar refractivity (Wildman–Crippen MR) is 75.8 cm³/mol. The first-order valence-corrected chi connectivity index (χ1v) is 8.67. The summed E-state index contributed by atoms with van der Waals surface area (Å²) in [5, 5.41) is 0. The number of hydrogen-bond acceptors (Lipinski definition) is 5. The maximum atomic E-state index is 10.9. The first kappa shape index (κ1) is 18.3.